The highest BCUT2D eigenvalue weighted by Crippen LogP contribution is 2.50. The second kappa shape index (κ2) is 5.13. The molecule has 5 atom stereocenters. The Balaban J connectivity index is 1.63. The number of ether oxygens (including phenoxy) is 1. The maximum absolute atomic E-state index is 6.08. The fraction of sp³-hybridized carbons (Fsp3) is 1.00. The summed E-state index contributed by atoms with van der Waals surface area (Å²) in [5.41, 5.74) is 0.109. The molecule has 1 saturated heterocycles. The zero-order valence-corrected chi connectivity index (χ0v) is 12.1. The Morgan fingerprint density at radius 3 is 2.78 bits per heavy atom. The number of hydrogen-bond acceptors (Lipinski definition) is 2. The van der Waals surface area contributed by atoms with Gasteiger partial charge in [0.2, 0.25) is 0 Å². The number of rotatable bonds is 5. The highest BCUT2D eigenvalue weighted by atomic mass is 16.5. The summed E-state index contributed by atoms with van der Waals surface area (Å²) in [4.78, 5) is 0. The number of nitrogens with one attached hydrogen (secondary N) is 1. The number of hydrogen-bond donors (Lipinski definition) is 1. The van der Waals surface area contributed by atoms with Crippen LogP contribution in [0.2, 0.25) is 0 Å². The number of fused-ring (bicyclic) bond motifs is 2. The van der Waals surface area contributed by atoms with Crippen LogP contribution in [0.15, 0.2) is 0 Å². The van der Waals surface area contributed by atoms with Crippen molar-refractivity contribution in [2.75, 3.05) is 13.2 Å². The third kappa shape index (κ3) is 2.34. The van der Waals surface area contributed by atoms with E-state index in [0.29, 0.717) is 6.04 Å². The molecule has 0 aromatic carbocycles. The average molecular weight is 251 g/mol. The van der Waals surface area contributed by atoms with Gasteiger partial charge in [-0.05, 0) is 69.7 Å². The van der Waals surface area contributed by atoms with Crippen LogP contribution in [0.25, 0.3) is 0 Å². The zero-order valence-electron chi connectivity index (χ0n) is 12.1. The molecule has 2 saturated carbocycles. The maximum atomic E-state index is 6.08. The maximum Gasteiger partial charge on any atom is 0.0807 e. The Morgan fingerprint density at radius 2 is 2.22 bits per heavy atom. The van der Waals surface area contributed by atoms with E-state index in [4.69, 9.17) is 4.74 Å². The van der Waals surface area contributed by atoms with Crippen molar-refractivity contribution >= 4 is 0 Å². The van der Waals surface area contributed by atoms with Crippen molar-refractivity contribution < 1.29 is 4.74 Å². The largest absolute Gasteiger partial charge is 0.374 e. The molecule has 0 amide bonds. The van der Waals surface area contributed by atoms with Gasteiger partial charge in [-0.25, -0.2) is 0 Å². The lowest BCUT2D eigenvalue weighted by atomic mass is 9.79. The van der Waals surface area contributed by atoms with Crippen LogP contribution in [0.1, 0.15) is 58.8 Å². The van der Waals surface area contributed by atoms with Crippen LogP contribution in [-0.2, 0) is 4.74 Å². The van der Waals surface area contributed by atoms with Gasteiger partial charge >= 0.3 is 0 Å². The average Bonchev–Trinajstić information content (AvgIpc) is 3.05. The first kappa shape index (κ1) is 12.9. The Labute approximate surface area is 112 Å². The molecule has 1 aliphatic heterocycles. The lowest BCUT2D eigenvalue weighted by Crippen LogP contribution is -2.49. The molecule has 2 bridgehead atoms. The van der Waals surface area contributed by atoms with Crippen LogP contribution in [0, 0.1) is 17.8 Å². The minimum absolute atomic E-state index is 0.109. The van der Waals surface area contributed by atoms with Gasteiger partial charge < -0.3 is 10.1 Å². The minimum Gasteiger partial charge on any atom is -0.374 e. The van der Waals surface area contributed by atoms with E-state index < -0.39 is 0 Å². The van der Waals surface area contributed by atoms with E-state index in [1.165, 1.54) is 44.9 Å². The van der Waals surface area contributed by atoms with Gasteiger partial charge in [-0.15, -0.1) is 0 Å². The van der Waals surface area contributed by atoms with Crippen molar-refractivity contribution in [3.05, 3.63) is 0 Å². The van der Waals surface area contributed by atoms with Crippen molar-refractivity contribution in [1.82, 2.24) is 5.32 Å². The first-order valence-corrected chi connectivity index (χ1v) is 8.08. The standard InChI is InChI=1S/C16H29NO/c1-3-17-15(16(2)7-4-8-18-16)11-14-10-12-5-6-13(14)9-12/h12-15,17H,3-11H2,1-2H3. The van der Waals surface area contributed by atoms with Crippen LogP contribution in [0.3, 0.4) is 0 Å². The van der Waals surface area contributed by atoms with Crippen LogP contribution in [-0.4, -0.2) is 24.8 Å². The molecular formula is C16H29NO. The van der Waals surface area contributed by atoms with Gasteiger partial charge in [0.05, 0.1) is 5.60 Å². The SMILES string of the molecule is CCNC(CC1CC2CCC1C2)C1(C)CCCO1. The summed E-state index contributed by atoms with van der Waals surface area (Å²) in [5.74, 6) is 3.09. The molecule has 3 fully saturated rings. The molecule has 104 valence electrons. The van der Waals surface area contributed by atoms with Crippen molar-refractivity contribution in [3.8, 4) is 0 Å². The zero-order chi connectivity index (χ0) is 12.6. The molecule has 0 aromatic rings. The summed E-state index contributed by atoms with van der Waals surface area (Å²) in [7, 11) is 0. The lowest BCUT2D eigenvalue weighted by Gasteiger charge is -2.37. The fourth-order valence-electron chi connectivity index (χ4n) is 4.84. The van der Waals surface area contributed by atoms with Crippen LogP contribution in [0.5, 0.6) is 0 Å². The highest BCUT2D eigenvalue weighted by molar-refractivity contribution is 4.98. The van der Waals surface area contributed by atoms with Crippen LogP contribution in [0.4, 0.5) is 0 Å². The Morgan fingerprint density at radius 1 is 1.33 bits per heavy atom. The Bertz CT molecular complexity index is 285. The first-order chi connectivity index (χ1) is 8.71. The van der Waals surface area contributed by atoms with Gasteiger partial charge in [-0.3, -0.25) is 0 Å². The van der Waals surface area contributed by atoms with E-state index in [0.717, 1.165) is 30.9 Å². The molecule has 0 radical (unpaired) electrons. The predicted molar refractivity (Wildman–Crippen MR) is 74.6 cm³/mol. The first-order valence-electron chi connectivity index (χ1n) is 8.08. The molecule has 0 aromatic heterocycles. The molecule has 5 unspecified atom stereocenters. The van der Waals surface area contributed by atoms with E-state index in [-0.39, 0.29) is 5.60 Å². The summed E-state index contributed by atoms with van der Waals surface area (Å²) < 4.78 is 6.08. The van der Waals surface area contributed by atoms with Crippen LogP contribution < -0.4 is 5.32 Å². The second-order valence-electron chi connectivity index (χ2n) is 7.05. The molecular weight excluding hydrogens is 222 g/mol. The van der Waals surface area contributed by atoms with E-state index in [9.17, 15) is 0 Å². The lowest BCUT2D eigenvalue weighted by molar-refractivity contribution is -0.0199. The summed E-state index contributed by atoms with van der Waals surface area (Å²) in [5, 5.41) is 3.73. The summed E-state index contributed by atoms with van der Waals surface area (Å²) in [6.45, 7) is 6.60. The second-order valence-corrected chi connectivity index (χ2v) is 7.05. The van der Waals surface area contributed by atoms with E-state index in [1.54, 1.807) is 0 Å². The molecule has 18 heavy (non-hydrogen) atoms. The molecule has 0 spiro atoms. The Hall–Kier alpha value is -0.0800. The van der Waals surface area contributed by atoms with Gasteiger partial charge in [-0.1, -0.05) is 13.3 Å². The summed E-state index contributed by atoms with van der Waals surface area (Å²) >= 11 is 0. The van der Waals surface area contributed by atoms with Gasteiger partial charge in [0.1, 0.15) is 0 Å². The molecule has 1 N–H and O–H groups in total. The van der Waals surface area contributed by atoms with Gasteiger partial charge in [0.25, 0.3) is 0 Å². The smallest absolute Gasteiger partial charge is 0.0807 e. The Kier molecular flexibility index (Phi) is 3.68. The van der Waals surface area contributed by atoms with Crippen molar-refractivity contribution in [1.29, 1.82) is 0 Å². The molecule has 2 nitrogen and oxygen atoms in total. The third-order valence-electron chi connectivity index (χ3n) is 5.86. The van der Waals surface area contributed by atoms with Gasteiger partial charge in [-0.2, -0.15) is 0 Å². The highest BCUT2D eigenvalue weighted by Gasteiger charge is 2.44. The van der Waals surface area contributed by atoms with Gasteiger partial charge in [0, 0.05) is 12.6 Å². The normalized spacial score (nSPS) is 44.7. The molecule has 2 heteroatoms. The van der Waals surface area contributed by atoms with Crippen molar-refractivity contribution in [2.24, 2.45) is 17.8 Å². The quantitative estimate of drug-likeness (QED) is 0.809. The molecule has 2 aliphatic carbocycles. The molecule has 1 heterocycles. The van der Waals surface area contributed by atoms with Crippen molar-refractivity contribution in [2.45, 2.75) is 70.4 Å². The monoisotopic (exact) mass is 251 g/mol. The van der Waals surface area contributed by atoms with Gasteiger partial charge in [0.15, 0.2) is 0 Å². The van der Waals surface area contributed by atoms with E-state index in [1.807, 2.05) is 0 Å². The molecule has 3 aliphatic rings. The van der Waals surface area contributed by atoms with Crippen molar-refractivity contribution in [3.63, 3.8) is 0 Å². The predicted octanol–water partition coefficient (Wildman–Crippen LogP) is 3.36. The fourth-order valence-corrected chi connectivity index (χ4v) is 4.84. The van der Waals surface area contributed by atoms with E-state index in [2.05, 4.69) is 19.2 Å². The molecule has 3 rings (SSSR count). The minimum atomic E-state index is 0.109. The summed E-state index contributed by atoms with van der Waals surface area (Å²) in [6, 6.07) is 0.578. The topological polar surface area (TPSA) is 21.3 Å². The number of likely N-dealkylation sites (N-methyl/N-ethyl adjacent to an activating group) is 1. The third-order valence-corrected chi connectivity index (χ3v) is 5.86. The van der Waals surface area contributed by atoms with Crippen LogP contribution >= 0.6 is 0 Å². The van der Waals surface area contributed by atoms with E-state index >= 15 is 0 Å². The summed E-state index contributed by atoms with van der Waals surface area (Å²) in [6.07, 6.45) is 9.89.